The van der Waals surface area contributed by atoms with Crippen LogP contribution in [-0.4, -0.2) is 46.9 Å². The largest absolute Gasteiger partial charge is 0.479 e. The molecule has 1 aromatic rings. The molecule has 21 heavy (non-hydrogen) atoms. The van der Waals surface area contributed by atoms with Crippen LogP contribution in [0.25, 0.3) is 0 Å². The third kappa shape index (κ3) is 4.27. The van der Waals surface area contributed by atoms with Gasteiger partial charge in [0.05, 0.1) is 12.6 Å². The molecule has 1 heterocycles. The molecule has 1 aliphatic heterocycles. The summed E-state index contributed by atoms with van der Waals surface area (Å²) in [4.78, 5) is 22.8. The first-order chi connectivity index (χ1) is 10.1. The van der Waals surface area contributed by atoms with E-state index >= 15 is 0 Å². The first-order valence-corrected chi connectivity index (χ1v) is 6.93. The van der Waals surface area contributed by atoms with Crippen LogP contribution in [-0.2, 0) is 20.7 Å². The highest BCUT2D eigenvalue weighted by Crippen LogP contribution is 2.20. The number of benzene rings is 1. The number of carboxylic acid groups (broad SMARTS) is 1. The second-order valence-corrected chi connectivity index (χ2v) is 5.11. The molecule has 114 valence electrons. The van der Waals surface area contributed by atoms with Crippen molar-refractivity contribution < 1.29 is 24.5 Å². The van der Waals surface area contributed by atoms with E-state index in [1.54, 1.807) is 0 Å². The highest BCUT2D eigenvalue weighted by atomic mass is 16.5. The van der Waals surface area contributed by atoms with Crippen molar-refractivity contribution in [3.8, 4) is 0 Å². The Bertz CT molecular complexity index is 490. The zero-order valence-electron chi connectivity index (χ0n) is 11.6. The monoisotopic (exact) mass is 293 g/mol. The lowest BCUT2D eigenvalue weighted by atomic mass is 10.1. The van der Waals surface area contributed by atoms with Gasteiger partial charge in [0.15, 0.2) is 6.10 Å². The Balaban J connectivity index is 1.87. The molecule has 3 atom stereocenters. The van der Waals surface area contributed by atoms with Gasteiger partial charge in [0, 0.05) is 0 Å². The maximum Gasteiger partial charge on any atom is 0.332 e. The second-order valence-electron chi connectivity index (χ2n) is 5.11. The van der Waals surface area contributed by atoms with Crippen molar-refractivity contribution in [3.05, 3.63) is 35.9 Å². The molecule has 1 saturated heterocycles. The van der Waals surface area contributed by atoms with Crippen molar-refractivity contribution in [1.82, 2.24) is 5.32 Å². The fraction of sp³-hybridized carbons (Fsp3) is 0.467. The van der Waals surface area contributed by atoms with Gasteiger partial charge in [-0.15, -0.1) is 0 Å². The number of aliphatic hydroxyl groups excluding tert-OH is 1. The van der Waals surface area contributed by atoms with E-state index in [4.69, 9.17) is 9.84 Å². The summed E-state index contributed by atoms with van der Waals surface area (Å²) in [6, 6.07) is 9.11. The summed E-state index contributed by atoms with van der Waals surface area (Å²) in [5, 5.41) is 20.9. The topological polar surface area (TPSA) is 95.9 Å². The summed E-state index contributed by atoms with van der Waals surface area (Å²) in [6.45, 7) is -0.185. The van der Waals surface area contributed by atoms with Gasteiger partial charge in [-0.1, -0.05) is 30.3 Å². The standard InChI is InChI=1S/C15H19NO5/c17-9-11(8-10-4-2-1-3-5-10)16-14(18)12-6-7-13(21-12)15(19)20/h1-5,11-13,17H,6-9H2,(H,16,18)(H,19,20)/t11-,12?,13?/m1/s1. The number of hydrogen-bond acceptors (Lipinski definition) is 4. The Morgan fingerprint density at radius 2 is 1.90 bits per heavy atom. The van der Waals surface area contributed by atoms with E-state index in [0.717, 1.165) is 5.56 Å². The molecule has 0 bridgehead atoms. The minimum atomic E-state index is -1.05. The Morgan fingerprint density at radius 3 is 2.48 bits per heavy atom. The maximum atomic E-state index is 12.0. The van der Waals surface area contributed by atoms with Crippen molar-refractivity contribution in [3.63, 3.8) is 0 Å². The lowest BCUT2D eigenvalue weighted by Gasteiger charge is -2.19. The minimum absolute atomic E-state index is 0.185. The van der Waals surface area contributed by atoms with Crippen molar-refractivity contribution >= 4 is 11.9 Å². The fourth-order valence-electron chi connectivity index (χ4n) is 2.37. The van der Waals surface area contributed by atoms with E-state index < -0.39 is 24.2 Å². The van der Waals surface area contributed by atoms with Gasteiger partial charge in [-0.3, -0.25) is 4.79 Å². The molecule has 1 amide bonds. The third-order valence-electron chi connectivity index (χ3n) is 3.48. The molecular weight excluding hydrogens is 274 g/mol. The number of rotatable bonds is 6. The van der Waals surface area contributed by atoms with Crippen LogP contribution in [0.1, 0.15) is 18.4 Å². The summed E-state index contributed by atoms with van der Waals surface area (Å²) in [5.41, 5.74) is 1.01. The predicted octanol–water partition coefficient (Wildman–Crippen LogP) is 0.338. The summed E-state index contributed by atoms with van der Waals surface area (Å²) in [7, 11) is 0. The van der Waals surface area contributed by atoms with Crippen LogP contribution < -0.4 is 5.32 Å². The van der Waals surface area contributed by atoms with E-state index in [9.17, 15) is 14.7 Å². The molecule has 6 nitrogen and oxygen atoms in total. The Hall–Kier alpha value is -1.92. The van der Waals surface area contributed by atoms with Gasteiger partial charge < -0.3 is 20.3 Å². The van der Waals surface area contributed by atoms with Crippen LogP contribution >= 0.6 is 0 Å². The SMILES string of the molecule is O=C(O)C1CCC(C(=O)N[C@@H](CO)Cc2ccccc2)O1. The number of carbonyl (C=O) groups is 2. The zero-order chi connectivity index (χ0) is 15.2. The van der Waals surface area contributed by atoms with Crippen LogP contribution in [0.4, 0.5) is 0 Å². The van der Waals surface area contributed by atoms with Crippen molar-refractivity contribution in [1.29, 1.82) is 0 Å². The molecule has 0 spiro atoms. The van der Waals surface area contributed by atoms with Gasteiger partial charge in [-0.05, 0) is 24.8 Å². The van der Waals surface area contributed by atoms with Gasteiger partial charge in [0.1, 0.15) is 6.10 Å². The van der Waals surface area contributed by atoms with Crippen LogP contribution in [0.3, 0.4) is 0 Å². The van der Waals surface area contributed by atoms with E-state index in [1.165, 1.54) is 0 Å². The van der Waals surface area contributed by atoms with Gasteiger partial charge in [0.2, 0.25) is 5.91 Å². The van der Waals surface area contributed by atoms with Crippen molar-refractivity contribution in [2.24, 2.45) is 0 Å². The number of aliphatic hydroxyl groups is 1. The summed E-state index contributed by atoms with van der Waals surface area (Å²) >= 11 is 0. The number of amides is 1. The minimum Gasteiger partial charge on any atom is -0.479 e. The van der Waals surface area contributed by atoms with Crippen LogP contribution in [0.2, 0.25) is 0 Å². The lowest BCUT2D eigenvalue weighted by Crippen LogP contribution is -2.44. The number of aliphatic carboxylic acids is 1. The molecule has 0 saturated carbocycles. The average Bonchev–Trinajstić information content (AvgIpc) is 2.97. The molecule has 1 aliphatic rings. The lowest BCUT2D eigenvalue weighted by molar-refractivity contribution is -0.152. The first-order valence-electron chi connectivity index (χ1n) is 6.93. The normalized spacial score (nSPS) is 22.7. The summed E-state index contributed by atoms with van der Waals surface area (Å²) < 4.78 is 5.19. The van der Waals surface area contributed by atoms with Gasteiger partial charge >= 0.3 is 5.97 Å². The highest BCUT2D eigenvalue weighted by Gasteiger charge is 2.35. The second kappa shape index (κ2) is 7.19. The molecular formula is C15H19NO5. The first kappa shape index (κ1) is 15.5. The maximum absolute atomic E-state index is 12.0. The molecule has 2 rings (SSSR count). The summed E-state index contributed by atoms with van der Waals surface area (Å²) in [6.07, 6.45) is -0.446. The Kier molecular flexibility index (Phi) is 5.30. The fourth-order valence-corrected chi connectivity index (χ4v) is 2.37. The Labute approximate surface area is 122 Å². The van der Waals surface area contributed by atoms with Gasteiger partial charge in [-0.2, -0.15) is 0 Å². The summed E-state index contributed by atoms with van der Waals surface area (Å²) in [5.74, 6) is -1.41. The van der Waals surface area contributed by atoms with Gasteiger partial charge in [-0.25, -0.2) is 4.79 Å². The molecule has 1 fully saturated rings. The Morgan fingerprint density at radius 1 is 1.24 bits per heavy atom. The van der Waals surface area contributed by atoms with Crippen LogP contribution in [0, 0.1) is 0 Å². The molecule has 0 radical (unpaired) electrons. The molecule has 2 unspecified atom stereocenters. The molecule has 6 heteroatoms. The number of carbonyl (C=O) groups excluding carboxylic acids is 1. The number of hydrogen-bond donors (Lipinski definition) is 3. The van der Waals surface area contributed by atoms with Crippen LogP contribution in [0.15, 0.2) is 30.3 Å². The van der Waals surface area contributed by atoms with E-state index in [1.807, 2.05) is 30.3 Å². The zero-order valence-corrected chi connectivity index (χ0v) is 11.6. The van der Waals surface area contributed by atoms with Gasteiger partial charge in [0.25, 0.3) is 0 Å². The number of nitrogens with one attached hydrogen (secondary N) is 1. The number of carboxylic acids is 1. The van der Waals surface area contributed by atoms with Crippen LogP contribution in [0.5, 0.6) is 0 Å². The highest BCUT2D eigenvalue weighted by molar-refractivity contribution is 5.82. The quantitative estimate of drug-likeness (QED) is 0.703. The molecule has 1 aromatic carbocycles. The third-order valence-corrected chi connectivity index (χ3v) is 3.48. The predicted molar refractivity (Wildman–Crippen MR) is 74.7 cm³/mol. The molecule has 0 aliphatic carbocycles. The molecule has 0 aromatic heterocycles. The van der Waals surface area contributed by atoms with E-state index in [2.05, 4.69) is 5.32 Å². The van der Waals surface area contributed by atoms with E-state index in [0.29, 0.717) is 19.3 Å². The van der Waals surface area contributed by atoms with Crippen molar-refractivity contribution in [2.45, 2.75) is 37.5 Å². The molecule has 3 N–H and O–H groups in total. The van der Waals surface area contributed by atoms with E-state index in [-0.39, 0.29) is 12.5 Å². The average molecular weight is 293 g/mol. The number of ether oxygens (including phenoxy) is 1. The smallest absolute Gasteiger partial charge is 0.332 e. The van der Waals surface area contributed by atoms with Crippen molar-refractivity contribution in [2.75, 3.05) is 6.61 Å².